The normalized spacial score (nSPS) is 17.6. The van der Waals surface area contributed by atoms with Crippen LogP contribution in [0, 0.1) is 5.92 Å². The molecule has 118 valence electrons. The number of rotatable bonds is 6. The molecule has 1 atom stereocenters. The van der Waals surface area contributed by atoms with Gasteiger partial charge in [-0.2, -0.15) is 0 Å². The summed E-state index contributed by atoms with van der Waals surface area (Å²) in [5.74, 6) is -1.66. The van der Waals surface area contributed by atoms with Crippen molar-refractivity contribution in [3.8, 4) is 0 Å². The van der Waals surface area contributed by atoms with Gasteiger partial charge < -0.3 is 14.7 Å². The molecule has 0 spiro atoms. The van der Waals surface area contributed by atoms with E-state index in [2.05, 4.69) is 4.74 Å². The minimum atomic E-state index is -0.798. The van der Waals surface area contributed by atoms with E-state index in [9.17, 15) is 14.4 Å². The number of carbonyl (C=O) groups excluding carboxylic acids is 2. The van der Waals surface area contributed by atoms with Crippen molar-refractivity contribution >= 4 is 23.5 Å². The van der Waals surface area contributed by atoms with Gasteiger partial charge in [-0.15, -0.1) is 0 Å². The van der Waals surface area contributed by atoms with Gasteiger partial charge in [0.25, 0.3) is 0 Å². The second-order valence-electron chi connectivity index (χ2n) is 5.34. The topological polar surface area (TPSA) is 83.9 Å². The third kappa shape index (κ3) is 3.84. The Morgan fingerprint density at radius 2 is 2.00 bits per heavy atom. The van der Waals surface area contributed by atoms with Gasteiger partial charge >= 0.3 is 11.9 Å². The summed E-state index contributed by atoms with van der Waals surface area (Å²) >= 11 is 0. The number of carboxylic acid groups (broad SMARTS) is 1. The molecule has 2 rings (SSSR count). The van der Waals surface area contributed by atoms with E-state index < -0.39 is 11.9 Å². The lowest BCUT2D eigenvalue weighted by Crippen LogP contribution is -2.26. The first-order valence-corrected chi connectivity index (χ1v) is 7.20. The van der Waals surface area contributed by atoms with E-state index in [0.717, 1.165) is 11.3 Å². The number of ether oxygens (including phenoxy) is 1. The van der Waals surface area contributed by atoms with Crippen LogP contribution in [0.4, 0.5) is 5.69 Å². The maximum absolute atomic E-state index is 12.0. The van der Waals surface area contributed by atoms with Crippen LogP contribution in [0.1, 0.15) is 24.8 Å². The Bertz CT molecular complexity index is 566. The van der Waals surface area contributed by atoms with E-state index in [4.69, 9.17) is 5.11 Å². The summed E-state index contributed by atoms with van der Waals surface area (Å²) in [5.41, 5.74) is 1.78. The maximum Gasteiger partial charge on any atom is 0.311 e. The lowest BCUT2D eigenvalue weighted by molar-refractivity contribution is -0.145. The fourth-order valence-electron chi connectivity index (χ4n) is 2.57. The van der Waals surface area contributed by atoms with Crippen LogP contribution >= 0.6 is 0 Å². The highest BCUT2D eigenvalue weighted by atomic mass is 16.5. The van der Waals surface area contributed by atoms with E-state index in [1.807, 2.05) is 24.3 Å². The third-order valence-corrected chi connectivity index (χ3v) is 3.76. The highest BCUT2D eigenvalue weighted by molar-refractivity contribution is 5.99. The van der Waals surface area contributed by atoms with Gasteiger partial charge in [-0.05, 0) is 30.5 Å². The van der Waals surface area contributed by atoms with Crippen molar-refractivity contribution in [3.05, 3.63) is 29.8 Å². The van der Waals surface area contributed by atoms with E-state index in [0.29, 0.717) is 19.4 Å². The Kier molecular flexibility index (Phi) is 5.14. The summed E-state index contributed by atoms with van der Waals surface area (Å²) in [6.07, 6.45) is 1.59. The predicted molar refractivity (Wildman–Crippen MR) is 79.5 cm³/mol. The summed E-state index contributed by atoms with van der Waals surface area (Å²) in [7, 11) is 1.32. The Morgan fingerprint density at radius 1 is 1.32 bits per heavy atom. The van der Waals surface area contributed by atoms with Crippen molar-refractivity contribution in [1.29, 1.82) is 0 Å². The lowest BCUT2D eigenvalue weighted by atomic mass is 10.1. The average molecular weight is 305 g/mol. The lowest BCUT2D eigenvalue weighted by Gasteiger charge is -2.16. The quantitative estimate of drug-likeness (QED) is 0.807. The second-order valence-corrected chi connectivity index (χ2v) is 5.34. The molecule has 6 nitrogen and oxygen atoms in total. The number of carboxylic acids is 1. The number of aliphatic carboxylic acids is 1. The zero-order chi connectivity index (χ0) is 16.1. The molecule has 1 amide bonds. The zero-order valence-corrected chi connectivity index (χ0v) is 12.4. The summed E-state index contributed by atoms with van der Waals surface area (Å²) in [6, 6.07) is 7.42. The minimum Gasteiger partial charge on any atom is -0.481 e. The van der Waals surface area contributed by atoms with Crippen LogP contribution in [0.5, 0.6) is 0 Å². The van der Waals surface area contributed by atoms with E-state index in [1.165, 1.54) is 7.11 Å². The molecule has 1 heterocycles. The van der Waals surface area contributed by atoms with Gasteiger partial charge in [0.15, 0.2) is 0 Å². The van der Waals surface area contributed by atoms with E-state index >= 15 is 0 Å². The summed E-state index contributed by atoms with van der Waals surface area (Å²) in [5, 5.41) is 8.62. The third-order valence-electron chi connectivity index (χ3n) is 3.76. The first-order chi connectivity index (χ1) is 10.5. The molecule has 1 aliphatic heterocycles. The maximum atomic E-state index is 12.0. The number of anilines is 1. The van der Waals surface area contributed by atoms with Crippen molar-refractivity contribution in [2.75, 3.05) is 18.6 Å². The second kappa shape index (κ2) is 7.06. The first-order valence-electron chi connectivity index (χ1n) is 7.20. The smallest absolute Gasteiger partial charge is 0.311 e. The molecule has 22 heavy (non-hydrogen) atoms. The summed E-state index contributed by atoms with van der Waals surface area (Å²) in [6.45, 7) is 0.337. The summed E-state index contributed by atoms with van der Waals surface area (Å²) in [4.78, 5) is 35.6. The number of methoxy groups -OCH3 is 1. The number of hydrogen-bond acceptors (Lipinski definition) is 4. The predicted octanol–water partition coefficient (Wildman–Crippen LogP) is 1.62. The van der Waals surface area contributed by atoms with Crippen molar-refractivity contribution in [2.45, 2.75) is 25.7 Å². The van der Waals surface area contributed by atoms with E-state index in [-0.39, 0.29) is 24.7 Å². The fraction of sp³-hybridized carbons (Fsp3) is 0.438. The molecule has 1 saturated heterocycles. The molecular formula is C16H19NO5. The van der Waals surface area contributed by atoms with Gasteiger partial charge in [-0.3, -0.25) is 14.4 Å². The average Bonchev–Trinajstić information content (AvgIpc) is 2.89. The largest absolute Gasteiger partial charge is 0.481 e. The van der Waals surface area contributed by atoms with Crippen molar-refractivity contribution in [1.82, 2.24) is 0 Å². The van der Waals surface area contributed by atoms with Gasteiger partial charge in [-0.25, -0.2) is 0 Å². The number of carbonyl (C=O) groups is 3. The Morgan fingerprint density at radius 3 is 2.59 bits per heavy atom. The van der Waals surface area contributed by atoms with Crippen LogP contribution < -0.4 is 4.90 Å². The van der Waals surface area contributed by atoms with Gasteiger partial charge in [0.05, 0.1) is 13.0 Å². The molecule has 1 unspecified atom stereocenters. The van der Waals surface area contributed by atoms with Gasteiger partial charge in [0.2, 0.25) is 5.91 Å². The monoisotopic (exact) mass is 305 g/mol. The number of benzene rings is 1. The fourth-order valence-corrected chi connectivity index (χ4v) is 2.57. The van der Waals surface area contributed by atoms with Crippen LogP contribution in [-0.4, -0.2) is 36.6 Å². The number of amides is 1. The van der Waals surface area contributed by atoms with Crippen molar-refractivity contribution in [2.24, 2.45) is 5.92 Å². The molecule has 1 aromatic rings. The molecular weight excluding hydrogens is 286 g/mol. The van der Waals surface area contributed by atoms with Gasteiger partial charge in [0.1, 0.15) is 0 Å². The molecule has 0 saturated carbocycles. The van der Waals surface area contributed by atoms with Crippen LogP contribution in [0.3, 0.4) is 0 Å². The first kappa shape index (κ1) is 16.0. The molecule has 0 aromatic heterocycles. The Balaban J connectivity index is 1.97. The Hall–Kier alpha value is -2.37. The van der Waals surface area contributed by atoms with Crippen LogP contribution in [0.25, 0.3) is 0 Å². The van der Waals surface area contributed by atoms with Crippen molar-refractivity contribution < 1.29 is 24.2 Å². The molecule has 1 fully saturated rings. The number of hydrogen-bond donors (Lipinski definition) is 1. The molecule has 1 aromatic carbocycles. The number of nitrogens with zero attached hydrogens (tertiary/aromatic N) is 1. The molecule has 0 radical (unpaired) electrons. The van der Waals surface area contributed by atoms with Gasteiger partial charge in [0, 0.05) is 25.1 Å². The number of aryl methyl sites for hydroxylation is 1. The van der Waals surface area contributed by atoms with Crippen LogP contribution in [-0.2, 0) is 25.5 Å². The van der Waals surface area contributed by atoms with Crippen LogP contribution in [0.2, 0.25) is 0 Å². The minimum absolute atomic E-state index is 0.0889. The highest BCUT2D eigenvalue weighted by Gasteiger charge is 2.35. The van der Waals surface area contributed by atoms with Crippen LogP contribution in [0.15, 0.2) is 24.3 Å². The number of esters is 1. The highest BCUT2D eigenvalue weighted by Crippen LogP contribution is 2.26. The standard InChI is InChI=1S/C16H19NO5/c1-22-16(21)12-9-14(18)17(10-12)13-7-5-11(6-8-13)3-2-4-15(19)20/h5-8,12H,2-4,9-10H2,1H3,(H,19,20). The van der Waals surface area contributed by atoms with Crippen molar-refractivity contribution in [3.63, 3.8) is 0 Å². The Labute approximate surface area is 128 Å². The van der Waals surface area contributed by atoms with Gasteiger partial charge in [-0.1, -0.05) is 12.1 Å². The molecule has 0 aliphatic carbocycles. The summed E-state index contributed by atoms with van der Waals surface area (Å²) < 4.78 is 4.68. The zero-order valence-electron chi connectivity index (χ0n) is 12.4. The molecule has 0 bridgehead atoms. The molecule has 1 aliphatic rings. The molecule has 1 N–H and O–H groups in total. The van der Waals surface area contributed by atoms with E-state index in [1.54, 1.807) is 4.90 Å². The SMILES string of the molecule is COC(=O)C1CC(=O)N(c2ccc(CCCC(=O)O)cc2)C1. The molecule has 6 heteroatoms.